The number of carbonyl (C=O) groups is 3. The molecule has 1 aliphatic rings. The van der Waals surface area contributed by atoms with Gasteiger partial charge in [0.25, 0.3) is 11.8 Å². The van der Waals surface area contributed by atoms with Crippen LogP contribution in [0.1, 0.15) is 44.9 Å². The summed E-state index contributed by atoms with van der Waals surface area (Å²) in [6.45, 7) is 3.97. The van der Waals surface area contributed by atoms with Crippen molar-refractivity contribution in [1.29, 1.82) is 0 Å². The van der Waals surface area contributed by atoms with Gasteiger partial charge < -0.3 is 4.74 Å². The van der Waals surface area contributed by atoms with Gasteiger partial charge >= 0.3 is 5.97 Å². The minimum absolute atomic E-state index is 0.0630. The van der Waals surface area contributed by atoms with Crippen molar-refractivity contribution in [2.24, 2.45) is 0 Å². The number of esters is 1. The number of benzene rings is 2. The van der Waals surface area contributed by atoms with E-state index in [2.05, 4.69) is 0 Å². The summed E-state index contributed by atoms with van der Waals surface area (Å²) in [5.74, 6) is -1.51. The second kappa shape index (κ2) is 8.76. The molecule has 0 bridgehead atoms. The standard InChI is InChI=1S/C21H22N2O6S/c1-3-22(4-2)30(27,28)16-11-9-15(10-12-16)21(26)29-14-13-23-19(24)17-7-5-6-8-18(17)20(23)25/h5-12H,3-4,13-14H2,1-2H3. The lowest BCUT2D eigenvalue weighted by molar-refractivity contribution is 0.0420. The molecule has 1 aliphatic heterocycles. The Morgan fingerprint density at radius 3 is 1.97 bits per heavy atom. The van der Waals surface area contributed by atoms with E-state index in [1.165, 1.54) is 28.6 Å². The van der Waals surface area contributed by atoms with Crippen molar-refractivity contribution in [3.8, 4) is 0 Å². The predicted molar refractivity (Wildman–Crippen MR) is 109 cm³/mol. The number of imide groups is 1. The van der Waals surface area contributed by atoms with E-state index in [0.29, 0.717) is 24.2 Å². The Labute approximate surface area is 175 Å². The molecular formula is C21H22N2O6S. The SMILES string of the molecule is CCN(CC)S(=O)(=O)c1ccc(C(=O)OCCN2C(=O)c3ccccc3C2=O)cc1. The maximum atomic E-state index is 12.5. The maximum Gasteiger partial charge on any atom is 0.338 e. The zero-order chi connectivity index (χ0) is 21.9. The van der Waals surface area contributed by atoms with Crippen LogP contribution in [-0.2, 0) is 14.8 Å². The van der Waals surface area contributed by atoms with E-state index in [9.17, 15) is 22.8 Å². The number of hydrogen-bond donors (Lipinski definition) is 0. The Morgan fingerprint density at radius 1 is 0.933 bits per heavy atom. The Hall–Kier alpha value is -3.04. The summed E-state index contributed by atoms with van der Waals surface area (Å²) in [5.41, 5.74) is 0.841. The number of amides is 2. The summed E-state index contributed by atoms with van der Waals surface area (Å²) in [4.78, 5) is 38.0. The molecule has 3 rings (SSSR count). The molecule has 0 aromatic heterocycles. The van der Waals surface area contributed by atoms with Crippen LogP contribution in [0.25, 0.3) is 0 Å². The Bertz CT molecular complexity index is 1040. The van der Waals surface area contributed by atoms with Crippen molar-refractivity contribution < 1.29 is 27.5 Å². The average molecular weight is 430 g/mol. The first kappa shape index (κ1) is 21.7. The first-order valence-corrected chi connectivity index (χ1v) is 11.0. The zero-order valence-electron chi connectivity index (χ0n) is 16.7. The fraction of sp³-hybridized carbons (Fsp3) is 0.286. The van der Waals surface area contributed by atoms with Gasteiger partial charge in [-0.05, 0) is 36.4 Å². The average Bonchev–Trinajstić information content (AvgIpc) is 2.99. The van der Waals surface area contributed by atoms with E-state index in [4.69, 9.17) is 4.74 Å². The molecule has 0 N–H and O–H groups in total. The third-order valence-electron chi connectivity index (χ3n) is 4.86. The van der Waals surface area contributed by atoms with Crippen LogP contribution in [-0.4, -0.2) is 61.6 Å². The zero-order valence-corrected chi connectivity index (χ0v) is 17.5. The van der Waals surface area contributed by atoms with Gasteiger partial charge in [-0.2, -0.15) is 4.31 Å². The van der Waals surface area contributed by atoms with Crippen molar-refractivity contribution in [2.75, 3.05) is 26.2 Å². The second-order valence-corrected chi connectivity index (χ2v) is 8.50. The van der Waals surface area contributed by atoms with Crippen molar-refractivity contribution in [1.82, 2.24) is 9.21 Å². The molecule has 0 aliphatic carbocycles. The number of ether oxygens (including phenoxy) is 1. The van der Waals surface area contributed by atoms with Crippen LogP contribution in [0.4, 0.5) is 0 Å². The summed E-state index contributed by atoms with van der Waals surface area (Å²) in [6.07, 6.45) is 0. The molecule has 0 saturated heterocycles. The molecule has 9 heteroatoms. The fourth-order valence-corrected chi connectivity index (χ4v) is 4.69. The second-order valence-electron chi connectivity index (χ2n) is 6.56. The quantitative estimate of drug-likeness (QED) is 0.470. The number of carbonyl (C=O) groups excluding carboxylic acids is 3. The fourth-order valence-electron chi connectivity index (χ4n) is 3.23. The molecule has 0 fully saturated rings. The van der Waals surface area contributed by atoms with Crippen molar-refractivity contribution in [3.63, 3.8) is 0 Å². The van der Waals surface area contributed by atoms with Gasteiger partial charge in [0, 0.05) is 13.1 Å². The minimum Gasteiger partial charge on any atom is -0.460 e. The van der Waals surface area contributed by atoms with E-state index in [-0.39, 0.29) is 23.6 Å². The monoisotopic (exact) mass is 430 g/mol. The minimum atomic E-state index is -3.61. The van der Waals surface area contributed by atoms with Gasteiger partial charge in [-0.15, -0.1) is 0 Å². The molecule has 0 radical (unpaired) electrons. The summed E-state index contributed by atoms with van der Waals surface area (Å²) in [5, 5.41) is 0. The van der Waals surface area contributed by atoms with Crippen LogP contribution in [0.15, 0.2) is 53.4 Å². The van der Waals surface area contributed by atoms with Gasteiger partial charge in [-0.3, -0.25) is 14.5 Å². The van der Waals surface area contributed by atoms with Gasteiger partial charge in [-0.25, -0.2) is 13.2 Å². The number of hydrogen-bond acceptors (Lipinski definition) is 6. The van der Waals surface area contributed by atoms with Crippen LogP contribution in [0.2, 0.25) is 0 Å². The first-order chi connectivity index (χ1) is 14.3. The highest BCUT2D eigenvalue weighted by Crippen LogP contribution is 2.22. The Balaban J connectivity index is 1.60. The highest BCUT2D eigenvalue weighted by Gasteiger charge is 2.34. The van der Waals surface area contributed by atoms with Crippen molar-refractivity contribution in [3.05, 3.63) is 65.2 Å². The topological polar surface area (TPSA) is 101 Å². The highest BCUT2D eigenvalue weighted by molar-refractivity contribution is 7.89. The molecule has 30 heavy (non-hydrogen) atoms. The van der Waals surface area contributed by atoms with Gasteiger partial charge in [0.2, 0.25) is 10.0 Å². The summed E-state index contributed by atoms with van der Waals surface area (Å²) in [7, 11) is -3.61. The molecule has 2 amide bonds. The van der Waals surface area contributed by atoms with Gasteiger partial charge in [-0.1, -0.05) is 26.0 Å². The maximum absolute atomic E-state index is 12.5. The van der Waals surface area contributed by atoms with Crippen molar-refractivity contribution >= 4 is 27.8 Å². The summed E-state index contributed by atoms with van der Waals surface area (Å²) >= 11 is 0. The molecule has 1 heterocycles. The lowest BCUT2D eigenvalue weighted by Gasteiger charge is -2.18. The number of sulfonamides is 1. The first-order valence-electron chi connectivity index (χ1n) is 9.53. The Morgan fingerprint density at radius 2 is 1.47 bits per heavy atom. The van der Waals surface area contributed by atoms with Crippen LogP contribution < -0.4 is 0 Å². The third kappa shape index (κ3) is 3.99. The van der Waals surface area contributed by atoms with Crippen molar-refractivity contribution in [2.45, 2.75) is 18.7 Å². The molecule has 8 nitrogen and oxygen atoms in total. The molecule has 2 aromatic rings. The molecule has 0 atom stereocenters. The van der Waals surface area contributed by atoms with E-state index in [0.717, 1.165) is 4.90 Å². The van der Waals surface area contributed by atoms with Crippen LogP contribution in [0.5, 0.6) is 0 Å². The van der Waals surface area contributed by atoms with E-state index in [1.807, 2.05) is 0 Å². The molecular weight excluding hydrogens is 408 g/mol. The van der Waals surface area contributed by atoms with E-state index < -0.39 is 27.8 Å². The summed E-state index contributed by atoms with van der Waals surface area (Å²) < 4.78 is 31.5. The number of fused-ring (bicyclic) bond motifs is 1. The molecule has 0 unspecified atom stereocenters. The smallest absolute Gasteiger partial charge is 0.338 e. The van der Waals surface area contributed by atoms with Gasteiger partial charge in [0.05, 0.1) is 28.1 Å². The van der Waals surface area contributed by atoms with Crippen LogP contribution >= 0.6 is 0 Å². The number of rotatable bonds is 8. The molecule has 0 spiro atoms. The van der Waals surface area contributed by atoms with Crippen LogP contribution in [0, 0.1) is 0 Å². The van der Waals surface area contributed by atoms with Gasteiger partial charge in [0.15, 0.2) is 0 Å². The highest BCUT2D eigenvalue weighted by atomic mass is 32.2. The van der Waals surface area contributed by atoms with E-state index in [1.54, 1.807) is 38.1 Å². The molecule has 158 valence electrons. The predicted octanol–water partition coefficient (Wildman–Crippen LogP) is 2.17. The lowest BCUT2D eigenvalue weighted by Crippen LogP contribution is -2.33. The van der Waals surface area contributed by atoms with E-state index >= 15 is 0 Å². The van der Waals surface area contributed by atoms with Gasteiger partial charge in [0.1, 0.15) is 6.61 Å². The van der Waals surface area contributed by atoms with Crippen LogP contribution in [0.3, 0.4) is 0 Å². The summed E-state index contributed by atoms with van der Waals surface area (Å²) in [6, 6.07) is 12.0. The molecule has 0 saturated carbocycles. The molecule has 2 aromatic carbocycles. The number of nitrogens with zero attached hydrogens (tertiary/aromatic N) is 2. The normalized spacial score (nSPS) is 13.6. The lowest BCUT2D eigenvalue weighted by atomic mass is 10.1. The largest absolute Gasteiger partial charge is 0.460 e. The third-order valence-corrected chi connectivity index (χ3v) is 6.92. The Kier molecular flexibility index (Phi) is 6.33.